The molecule has 3 aromatic rings. The van der Waals surface area contributed by atoms with Crippen molar-refractivity contribution >= 4 is 23.1 Å². The number of alkyl halides is 3. The van der Waals surface area contributed by atoms with E-state index in [-0.39, 0.29) is 5.95 Å². The van der Waals surface area contributed by atoms with Crippen LogP contribution in [-0.4, -0.2) is 15.2 Å². The predicted molar refractivity (Wildman–Crippen MR) is 93.8 cm³/mol. The molecule has 1 heterocycles. The highest BCUT2D eigenvalue weighted by atomic mass is 19.4. The largest absolute Gasteiger partial charge is 0.416 e. The highest BCUT2D eigenvalue weighted by molar-refractivity contribution is 5.60. The summed E-state index contributed by atoms with van der Waals surface area (Å²) in [5.74, 6) is 0.649. The van der Waals surface area contributed by atoms with Crippen LogP contribution in [-0.2, 0) is 6.18 Å². The monoisotopic (exact) mass is 359 g/mol. The molecular formula is C18H16F3N5. The molecule has 0 saturated carbocycles. The van der Waals surface area contributed by atoms with Crippen LogP contribution < -0.4 is 10.6 Å². The fourth-order valence-corrected chi connectivity index (χ4v) is 2.26. The van der Waals surface area contributed by atoms with E-state index < -0.39 is 11.7 Å². The molecule has 0 atom stereocenters. The van der Waals surface area contributed by atoms with Gasteiger partial charge in [0.2, 0.25) is 5.95 Å². The van der Waals surface area contributed by atoms with Crippen LogP contribution in [0.2, 0.25) is 0 Å². The first-order valence-corrected chi connectivity index (χ1v) is 7.79. The van der Waals surface area contributed by atoms with Gasteiger partial charge in [0.25, 0.3) is 0 Å². The molecule has 1 aromatic heterocycles. The number of benzene rings is 2. The Balaban J connectivity index is 1.73. The highest BCUT2D eigenvalue weighted by Crippen LogP contribution is 2.30. The van der Waals surface area contributed by atoms with E-state index >= 15 is 0 Å². The lowest BCUT2D eigenvalue weighted by atomic mass is 10.1. The van der Waals surface area contributed by atoms with Crippen LogP contribution in [0.3, 0.4) is 0 Å². The van der Waals surface area contributed by atoms with Gasteiger partial charge in [-0.15, -0.1) is 5.10 Å². The molecule has 0 amide bonds. The Morgan fingerprint density at radius 3 is 2.19 bits per heavy atom. The molecule has 0 bridgehead atoms. The van der Waals surface area contributed by atoms with Crippen LogP contribution in [0.25, 0.3) is 0 Å². The molecule has 0 spiro atoms. The maximum Gasteiger partial charge on any atom is 0.416 e. The Hall–Kier alpha value is -3.16. The molecule has 0 fully saturated rings. The minimum Gasteiger partial charge on any atom is -0.339 e. The number of aryl methyl sites for hydroxylation is 2. The molecule has 0 radical (unpaired) electrons. The molecule has 0 unspecified atom stereocenters. The first-order chi connectivity index (χ1) is 12.3. The first kappa shape index (κ1) is 17.7. The Kier molecular flexibility index (Phi) is 4.75. The molecule has 2 N–H and O–H groups in total. The Morgan fingerprint density at radius 1 is 0.846 bits per heavy atom. The van der Waals surface area contributed by atoms with Crippen molar-refractivity contribution in [3.63, 3.8) is 0 Å². The van der Waals surface area contributed by atoms with E-state index in [0.717, 1.165) is 23.4 Å². The SMILES string of the molecule is Cc1ccc(Nc2cnnc(Nc3ccc(C(F)(F)F)cc3)n2)cc1C. The smallest absolute Gasteiger partial charge is 0.339 e. The highest BCUT2D eigenvalue weighted by Gasteiger charge is 2.29. The molecule has 134 valence electrons. The summed E-state index contributed by atoms with van der Waals surface area (Å²) in [6.45, 7) is 4.04. The van der Waals surface area contributed by atoms with E-state index in [1.807, 2.05) is 32.0 Å². The lowest BCUT2D eigenvalue weighted by Gasteiger charge is -2.10. The molecule has 5 nitrogen and oxygen atoms in total. The van der Waals surface area contributed by atoms with Crippen molar-refractivity contribution in [2.45, 2.75) is 20.0 Å². The van der Waals surface area contributed by atoms with E-state index in [1.54, 1.807) is 0 Å². The van der Waals surface area contributed by atoms with E-state index in [9.17, 15) is 13.2 Å². The van der Waals surface area contributed by atoms with E-state index in [1.165, 1.54) is 23.9 Å². The molecule has 0 aliphatic carbocycles. The fourth-order valence-electron chi connectivity index (χ4n) is 2.26. The van der Waals surface area contributed by atoms with Gasteiger partial charge in [-0.05, 0) is 61.4 Å². The topological polar surface area (TPSA) is 62.7 Å². The third-order valence-corrected chi connectivity index (χ3v) is 3.81. The Labute approximate surface area is 148 Å². The third kappa shape index (κ3) is 4.27. The molecule has 26 heavy (non-hydrogen) atoms. The van der Waals surface area contributed by atoms with Crippen LogP contribution in [0.4, 0.5) is 36.3 Å². The second-order valence-corrected chi connectivity index (χ2v) is 5.79. The fraction of sp³-hybridized carbons (Fsp3) is 0.167. The number of halogens is 3. The molecular weight excluding hydrogens is 343 g/mol. The number of hydrogen-bond acceptors (Lipinski definition) is 5. The molecule has 0 aliphatic rings. The summed E-state index contributed by atoms with van der Waals surface area (Å²) in [6, 6.07) is 10.5. The number of anilines is 4. The van der Waals surface area contributed by atoms with Gasteiger partial charge in [-0.3, -0.25) is 0 Å². The molecule has 3 rings (SSSR count). The van der Waals surface area contributed by atoms with Gasteiger partial charge in [0.1, 0.15) is 0 Å². The summed E-state index contributed by atoms with van der Waals surface area (Å²) in [5, 5.41) is 13.7. The van der Waals surface area contributed by atoms with Crippen molar-refractivity contribution in [2.75, 3.05) is 10.6 Å². The van der Waals surface area contributed by atoms with Crippen molar-refractivity contribution in [3.8, 4) is 0 Å². The summed E-state index contributed by atoms with van der Waals surface area (Å²) < 4.78 is 37.8. The van der Waals surface area contributed by atoms with Crippen molar-refractivity contribution < 1.29 is 13.2 Å². The van der Waals surface area contributed by atoms with Crippen LogP contribution in [0.1, 0.15) is 16.7 Å². The molecule has 8 heteroatoms. The standard InChI is InChI=1S/C18H16F3N5/c1-11-3-6-15(9-12(11)2)23-16-10-22-26-17(25-16)24-14-7-4-13(5-8-14)18(19,20)21/h3-10H,1-2H3,(H2,23,24,25,26). The van der Waals surface area contributed by atoms with Crippen molar-refractivity contribution in [1.29, 1.82) is 0 Å². The van der Waals surface area contributed by atoms with E-state index in [2.05, 4.69) is 25.8 Å². The van der Waals surface area contributed by atoms with Gasteiger partial charge in [-0.1, -0.05) is 6.07 Å². The minimum atomic E-state index is -4.37. The predicted octanol–water partition coefficient (Wildman–Crippen LogP) is 4.99. The zero-order chi connectivity index (χ0) is 18.7. The number of aromatic nitrogens is 3. The Morgan fingerprint density at radius 2 is 1.54 bits per heavy atom. The van der Waals surface area contributed by atoms with Crippen molar-refractivity contribution in [1.82, 2.24) is 15.2 Å². The van der Waals surface area contributed by atoms with Gasteiger partial charge in [0, 0.05) is 11.4 Å². The Bertz CT molecular complexity index is 907. The summed E-state index contributed by atoms with van der Waals surface area (Å²) in [5.41, 5.74) is 2.89. The van der Waals surface area contributed by atoms with Gasteiger partial charge >= 0.3 is 6.18 Å². The van der Waals surface area contributed by atoms with Gasteiger partial charge in [-0.25, -0.2) is 0 Å². The average Bonchev–Trinajstić information content (AvgIpc) is 2.58. The van der Waals surface area contributed by atoms with Crippen LogP contribution in [0, 0.1) is 13.8 Å². The summed E-state index contributed by atoms with van der Waals surface area (Å²) in [4.78, 5) is 4.27. The van der Waals surface area contributed by atoms with Gasteiger partial charge < -0.3 is 10.6 Å². The van der Waals surface area contributed by atoms with Gasteiger partial charge in [-0.2, -0.15) is 23.3 Å². The molecule has 0 aliphatic heterocycles. The summed E-state index contributed by atoms with van der Waals surface area (Å²) in [7, 11) is 0. The zero-order valence-electron chi connectivity index (χ0n) is 14.1. The lowest BCUT2D eigenvalue weighted by Crippen LogP contribution is -2.05. The third-order valence-electron chi connectivity index (χ3n) is 3.81. The number of rotatable bonds is 4. The van der Waals surface area contributed by atoms with Gasteiger partial charge in [0.05, 0.1) is 11.8 Å². The summed E-state index contributed by atoms with van der Waals surface area (Å²) >= 11 is 0. The summed E-state index contributed by atoms with van der Waals surface area (Å²) in [6.07, 6.45) is -2.90. The van der Waals surface area contributed by atoms with Crippen molar-refractivity contribution in [3.05, 3.63) is 65.4 Å². The quantitative estimate of drug-likeness (QED) is 0.687. The number of hydrogen-bond donors (Lipinski definition) is 2. The zero-order valence-corrected chi connectivity index (χ0v) is 14.1. The van der Waals surface area contributed by atoms with Crippen LogP contribution in [0.15, 0.2) is 48.7 Å². The van der Waals surface area contributed by atoms with E-state index in [0.29, 0.717) is 11.5 Å². The van der Waals surface area contributed by atoms with Gasteiger partial charge in [0.15, 0.2) is 5.82 Å². The number of nitrogens with zero attached hydrogens (tertiary/aromatic N) is 3. The first-order valence-electron chi connectivity index (χ1n) is 7.79. The average molecular weight is 359 g/mol. The van der Waals surface area contributed by atoms with Crippen LogP contribution >= 0.6 is 0 Å². The molecule has 2 aromatic carbocycles. The van der Waals surface area contributed by atoms with Crippen molar-refractivity contribution in [2.24, 2.45) is 0 Å². The molecule has 0 saturated heterocycles. The van der Waals surface area contributed by atoms with E-state index in [4.69, 9.17) is 0 Å². The normalized spacial score (nSPS) is 11.3. The second-order valence-electron chi connectivity index (χ2n) is 5.79. The second kappa shape index (κ2) is 6.99. The lowest BCUT2D eigenvalue weighted by molar-refractivity contribution is -0.137. The minimum absolute atomic E-state index is 0.179. The van der Waals surface area contributed by atoms with Crippen LogP contribution in [0.5, 0.6) is 0 Å². The maximum absolute atomic E-state index is 12.6. The number of nitrogens with one attached hydrogen (secondary N) is 2. The maximum atomic E-state index is 12.6.